The Bertz CT molecular complexity index is 368. The van der Waals surface area contributed by atoms with Crippen molar-refractivity contribution in [3.05, 3.63) is 0 Å². The van der Waals surface area contributed by atoms with Crippen LogP contribution in [0.25, 0.3) is 0 Å². The normalized spacial score (nSPS) is 10.8. The first kappa shape index (κ1) is 26.7. The van der Waals surface area contributed by atoms with Crippen LogP contribution in [0, 0.1) is 0 Å². The van der Waals surface area contributed by atoms with Gasteiger partial charge in [0.25, 0.3) is 0 Å². The molecule has 5 nitrogen and oxygen atoms in total. The maximum atomic E-state index is 11.7. The van der Waals surface area contributed by atoms with Crippen molar-refractivity contribution in [2.45, 2.75) is 122 Å². The lowest BCUT2D eigenvalue weighted by molar-refractivity contribution is -0.121. The van der Waals surface area contributed by atoms with Gasteiger partial charge in [0.2, 0.25) is 5.91 Å². The first-order valence-corrected chi connectivity index (χ1v) is 12.0. The van der Waals surface area contributed by atoms with Crippen molar-refractivity contribution >= 4 is 11.9 Å². The van der Waals surface area contributed by atoms with Crippen LogP contribution in [0.1, 0.15) is 122 Å². The van der Waals surface area contributed by atoms with Crippen LogP contribution < -0.4 is 16.8 Å². The van der Waals surface area contributed by atoms with Gasteiger partial charge in [0.05, 0.1) is 0 Å². The number of amides is 1. The van der Waals surface area contributed by atoms with E-state index in [4.69, 9.17) is 11.5 Å². The molecule has 0 rings (SSSR count). The number of nitrogens with one attached hydrogen (secondary N) is 1. The van der Waals surface area contributed by atoms with Gasteiger partial charge < -0.3 is 16.8 Å². The number of hydrogen-bond donors (Lipinski definition) is 3. The molecule has 5 N–H and O–H groups in total. The highest BCUT2D eigenvalue weighted by atomic mass is 16.1. The average Bonchev–Trinajstić information content (AvgIpc) is 2.67. The van der Waals surface area contributed by atoms with Crippen molar-refractivity contribution < 1.29 is 4.79 Å². The SMILES string of the molecule is CCCCCCCCCCCCCCCCCC(=O)NCCCCN=C(N)N. The van der Waals surface area contributed by atoms with Gasteiger partial charge >= 0.3 is 0 Å². The molecule has 0 fully saturated rings. The highest BCUT2D eigenvalue weighted by molar-refractivity contribution is 5.76. The maximum Gasteiger partial charge on any atom is 0.219 e. The average molecular weight is 397 g/mol. The van der Waals surface area contributed by atoms with Crippen LogP contribution in [0.2, 0.25) is 0 Å². The minimum Gasteiger partial charge on any atom is -0.370 e. The number of carbonyl (C=O) groups is 1. The Morgan fingerprint density at radius 2 is 1.14 bits per heavy atom. The standard InChI is InChI=1S/C23H48N4O/c1-2-3-4-5-6-7-8-9-10-11-12-13-14-15-16-19-22(28)26-20-17-18-21-27-23(24)25/h2-21H2,1H3,(H,26,28)(H4,24,25,27). The molecule has 1 amide bonds. The van der Waals surface area contributed by atoms with Gasteiger partial charge in [0, 0.05) is 19.5 Å². The Hall–Kier alpha value is -1.26. The quantitative estimate of drug-likeness (QED) is 0.137. The molecule has 0 saturated carbocycles. The van der Waals surface area contributed by atoms with Crippen molar-refractivity contribution in [2.24, 2.45) is 16.5 Å². The molecule has 0 bridgehead atoms. The molecule has 0 aromatic heterocycles. The summed E-state index contributed by atoms with van der Waals surface area (Å²) in [6, 6.07) is 0. The number of nitrogens with two attached hydrogens (primary N) is 2. The molecule has 0 aliphatic carbocycles. The molecule has 0 radical (unpaired) electrons. The molecule has 0 aliphatic heterocycles. The first-order chi connectivity index (χ1) is 13.7. The number of guanidine groups is 1. The molecule has 5 heteroatoms. The summed E-state index contributed by atoms with van der Waals surface area (Å²) in [5.41, 5.74) is 10.5. The largest absolute Gasteiger partial charge is 0.370 e. The van der Waals surface area contributed by atoms with Gasteiger partial charge in [0.15, 0.2) is 5.96 Å². The van der Waals surface area contributed by atoms with Gasteiger partial charge in [-0.2, -0.15) is 0 Å². The summed E-state index contributed by atoms with van der Waals surface area (Å²) in [7, 11) is 0. The highest BCUT2D eigenvalue weighted by Crippen LogP contribution is 2.13. The lowest BCUT2D eigenvalue weighted by Crippen LogP contribution is -2.24. The number of unbranched alkanes of at least 4 members (excludes halogenated alkanes) is 15. The minimum absolute atomic E-state index is 0.136. The molecule has 0 saturated heterocycles. The van der Waals surface area contributed by atoms with E-state index >= 15 is 0 Å². The Balaban J connectivity index is 3.16. The lowest BCUT2D eigenvalue weighted by atomic mass is 10.0. The molecule has 0 unspecified atom stereocenters. The number of rotatable bonds is 21. The van der Waals surface area contributed by atoms with Gasteiger partial charge in [-0.25, -0.2) is 0 Å². The van der Waals surface area contributed by atoms with E-state index in [1.165, 1.54) is 89.9 Å². The summed E-state index contributed by atoms with van der Waals surface area (Å²) < 4.78 is 0. The summed E-state index contributed by atoms with van der Waals surface area (Å²) in [5.74, 6) is 0.314. The van der Waals surface area contributed by atoms with E-state index in [2.05, 4.69) is 17.2 Å². The molecule has 0 aromatic carbocycles. The van der Waals surface area contributed by atoms with Crippen molar-refractivity contribution in [3.63, 3.8) is 0 Å². The molecule has 28 heavy (non-hydrogen) atoms. The predicted octanol–water partition coefficient (Wildman–Crippen LogP) is 5.42. The lowest BCUT2D eigenvalue weighted by Gasteiger charge is -2.05. The van der Waals surface area contributed by atoms with Gasteiger partial charge in [-0.15, -0.1) is 0 Å². The molecule has 0 spiro atoms. The van der Waals surface area contributed by atoms with Crippen LogP contribution in [0.4, 0.5) is 0 Å². The topological polar surface area (TPSA) is 93.5 Å². The van der Waals surface area contributed by atoms with Crippen molar-refractivity contribution in [2.75, 3.05) is 13.1 Å². The Morgan fingerprint density at radius 1 is 0.679 bits per heavy atom. The zero-order chi connectivity index (χ0) is 20.7. The molecule has 166 valence electrons. The number of hydrogen-bond acceptors (Lipinski definition) is 2. The van der Waals surface area contributed by atoms with Gasteiger partial charge in [-0.05, 0) is 19.3 Å². The van der Waals surface area contributed by atoms with Crippen LogP contribution in [0.15, 0.2) is 4.99 Å². The first-order valence-electron chi connectivity index (χ1n) is 12.0. The fourth-order valence-corrected chi connectivity index (χ4v) is 3.42. The van der Waals surface area contributed by atoms with Crippen LogP contribution in [0.5, 0.6) is 0 Å². The third-order valence-corrected chi connectivity index (χ3v) is 5.21. The fourth-order valence-electron chi connectivity index (χ4n) is 3.42. The van der Waals surface area contributed by atoms with E-state index in [0.717, 1.165) is 25.8 Å². The van der Waals surface area contributed by atoms with E-state index in [0.29, 0.717) is 13.0 Å². The van der Waals surface area contributed by atoms with Crippen molar-refractivity contribution in [3.8, 4) is 0 Å². The fraction of sp³-hybridized carbons (Fsp3) is 0.913. The Kier molecular flexibility index (Phi) is 21.0. The van der Waals surface area contributed by atoms with Crippen LogP contribution >= 0.6 is 0 Å². The summed E-state index contributed by atoms with van der Waals surface area (Å²) in [4.78, 5) is 15.7. The number of nitrogens with zero attached hydrogens (tertiary/aromatic N) is 1. The second-order valence-corrected chi connectivity index (χ2v) is 8.06. The highest BCUT2D eigenvalue weighted by Gasteiger charge is 2.00. The van der Waals surface area contributed by atoms with E-state index in [1.54, 1.807) is 0 Å². The van der Waals surface area contributed by atoms with Crippen LogP contribution in [-0.4, -0.2) is 25.0 Å². The summed E-state index contributed by atoms with van der Waals surface area (Å²) in [6.45, 7) is 3.63. The van der Waals surface area contributed by atoms with E-state index in [-0.39, 0.29) is 11.9 Å². The van der Waals surface area contributed by atoms with Gasteiger partial charge in [-0.1, -0.05) is 96.8 Å². The third kappa shape index (κ3) is 22.8. The Labute approximate surface area is 174 Å². The zero-order valence-electron chi connectivity index (χ0n) is 18.7. The maximum absolute atomic E-state index is 11.7. The predicted molar refractivity (Wildman–Crippen MR) is 122 cm³/mol. The monoisotopic (exact) mass is 396 g/mol. The van der Waals surface area contributed by atoms with Crippen molar-refractivity contribution in [1.29, 1.82) is 0 Å². The van der Waals surface area contributed by atoms with E-state index < -0.39 is 0 Å². The molecule has 0 atom stereocenters. The summed E-state index contributed by atoms with van der Waals surface area (Å²) >= 11 is 0. The Morgan fingerprint density at radius 3 is 1.61 bits per heavy atom. The third-order valence-electron chi connectivity index (χ3n) is 5.21. The van der Waals surface area contributed by atoms with E-state index in [1.807, 2.05) is 0 Å². The smallest absolute Gasteiger partial charge is 0.219 e. The molecule has 0 heterocycles. The van der Waals surface area contributed by atoms with Gasteiger partial charge in [-0.3, -0.25) is 9.79 Å². The van der Waals surface area contributed by atoms with Gasteiger partial charge in [0.1, 0.15) is 0 Å². The molecular weight excluding hydrogens is 348 g/mol. The summed E-state index contributed by atoms with van der Waals surface area (Å²) in [6.07, 6.45) is 22.7. The minimum atomic E-state index is 0.136. The molecule has 0 aromatic rings. The van der Waals surface area contributed by atoms with Crippen LogP contribution in [0.3, 0.4) is 0 Å². The molecular formula is C23H48N4O. The second kappa shape index (κ2) is 22.0. The second-order valence-electron chi connectivity index (χ2n) is 8.06. The van der Waals surface area contributed by atoms with Crippen molar-refractivity contribution in [1.82, 2.24) is 5.32 Å². The zero-order valence-corrected chi connectivity index (χ0v) is 18.7. The molecule has 0 aliphatic rings. The number of carbonyl (C=O) groups excluding carboxylic acids is 1. The van der Waals surface area contributed by atoms with E-state index in [9.17, 15) is 4.79 Å². The van der Waals surface area contributed by atoms with Crippen LogP contribution in [-0.2, 0) is 4.79 Å². The summed E-state index contributed by atoms with van der Waals surface area (Å²) in [5, 5.41) is 2.97. The number of aliphatic imine (C=N–C) groups is 1.